The lowest BCUT2D eigenvalue weighted by atomic mass is 10.1. The molecule has 0 amide bonds. The number of nitrogens with zero attached hydrogens (tertiary/aromatic N) is 2. The number of rotatable bonds is 2. The largest absolute Gasteiger partial charge is 0.277 e. The van der Waals surface area contributed by atoms with Crippen LogP contribution in [-0.4, -0.2) is 24.9 Å². The molecule has 0 saturated carbocycles. The van der Waals surface area contributed by atoms with E-state index in [4.69, 9.17) is 5.26 Å². The van der Waals surface area contributed by atoms with E-state index in [2.05, 4.69) is 10.2 Å². The fourth-order valence-corrected chi connectivity index (χ4v) is 2.04. The zero-order chi connectivity index (χ0) is 12.5. The highest BCUT2D eigenvalue weighted by molar-refractivity contribution is 7.90. The molecule has 6 heteroatoms. The minimum Gasteiger partial charge on any atom is -0.277 e. The van der Waals surface area contributed by atoms with E-state index in [-0.39, 0.29) is 4.90 Å². The molecule has 0 spiro atoms. The summed E-state index contributed by atoms with van der Waals surface area (Å²) in [6.45, 7) is 0. The van der Waals surface area contributed by atoms with Crippen molar-refractivity contribution in [2.45, 2.75) is 4.90 Å². The number of aromatic nitrogens is 2. The van der Waals surface area contributed by atoms with Crippen LogP contribution in [0.1, 0.15) is 5.69 Å². The lowest BCUT2D eigenvalue weighted by Crippen LogP contribution is -1.96. The maximum absolute atomic E-state index is 11.3. The third-order valence-corrected chi connectivity index (χ3v) is 3.41. The first kappa shape index (κ1) is 11.4. The molecule has 0 fully saturated rings. The predicted octanol–water partition coefficient (Wildman–Crippen LogP) is 1.35. The normalized spacial score (nSPS) is 11.1. The maximum atomic E-state index is 11.3. The average Bonchev–Trinajstić information content (AvgIpc) is 2.76. The van der Waals surface area contributed by atoms with Crippen LogP contribution < -0.4 is 0 Å². The van der Waals surface area contributed by atoms with Gasteiger partial charge in [0.25, 0.3) is 0 Å². The molecule has 2 rings (SSSR count). The fourth-order valence-electron chi connectivity index (χ4n) is 1.41. The Morgan fingerprint density at radius 3 is 2.41 bits per heavy atom. The molecular formula is C11H9N3O2S. The molecule has 0 bridgehead atoms. The first-order valence-corrected chi connectivity index (χ1v) is 6.66. The van der Waals surface area contributed by atoms with Crippen LogP contribution in [0.4, 0.5) is 0 Å². The quantitative estimate of drug-likeness (QED) is 0.867. The molecule has 1 aromatic heterocycles. The Balaban J connectivity index is 2.40. The second kappa shape index (κ2) is 4.03. The molecule has 1 heterocycles. The molecule has 0 aliphatic carbocycles. The van der Waals surface area contributed by atoms with Crippen LogP contribution in [0.2, 0.25) is 0 Å². The Morgan fingerprint density at radius 1 is 1.29 bits per heavy atom. The fraction of sp³-hybridized carbons (Fsp3) is 0.0909. The van der Waals surface area contributed by atoms with E-state index in [1.54, 1.807) is 18.2 Å². The van der Waals surface area contributed by atoms with Crippen LogP contribution >= 0.6 is 0 Å². The van der Waals surface area contributed by atoms with Gasteiger partial charge in [-0.2, -0.15) is 10.4 Å². The smallest absolute Gasteiger partial charge is 0.175 e. The Kier molecular flexibility index (Phi) is 2.69. The molecule has 0 aliphatic heterocycles. The standard InChI is InChI=1S/C11H9N3O2S/c1-17(15,16)10-4-2-8(3-5-10)11-6-9(7-12)13-14-11/h2-6H,1H3,(H,13,14). The summed E-state index contributed by atoms with van der Waals surface area (Å²) in [4.78, 5) is 0.265. The number of nitriles is 1. The van der Waals surface area contributed by atoms with Gasteiger partial charge in [0.2, 0.25) is 0 Å². The molecule has 5 nitrogen and oxygen atoms in total. The molecule has 2 aromatic rings. The van der Waals surface area contributed by atoms with E-state index in [9.17, 15) is 8.42 Å². The maximum Gasteiger partial charge on any atom is 0.175 e. The van der Waals surface area contributed by atoms with Gasteiger partial charge in [-0.15, -0.1) is 0 Å². The summed E-state index contributed by atoms with van der Waals surface area (Å²) in [6, 6.07) is 9.92. The number of benzene rings is 1. The molecule has 0 unspecified atom stereocenters. The molecule has 0 radical (unpaired) electrons. The average molecular weight is 247 g/mol. The van der Waals surface area contributed by atoms with Crippen LogP contribution in [0.25, 0.3) is 11.3 Å². The van der Waals surface area contributed by atoms with Crippen molar-refractivity contribution in [3.05, 3.63) is 36.0 Å². The first-order valence-electron chi connectivity index (χ1n) is 4.77. The van der Waals surface area contributed by atoms with E-state index in [1.165, 1.54) is 12.1 Å². The van der Waals surface area contributed by atoms with Gasteiger partial charge in [-0.3, -0.25) is 5.10 Å². The number of nitrogens with one attached hydrogen (secondary N) is 1. The van der Waals surface area contributed by atoms with Gasteiger partial charge >= 0.3 is 0 Å². The lowest BCUT2D eigenvalue weighted by Gasteiger charge is -2.00. The van der Waals surface area contributed by atoms with Crippen molar-refractivity contribution < 1.29 is 8.42 Å². The van der Waals surface area contributed by atoms with Crippen LogP contribution in [0.5, 0.6) is 0 Å². The first-order chi connectivity index (χ1) is 8.00. The molecule has 0 aliphatic rings. The molecular weight excluding hydrogens is 238 g/mol. The molecule has 0 saturated heterocycles. The van der Waals surface area contributed by atoms with Gasteiger partial charge < -0.3 is 0 Å². The van der Waals surface area contributed by atoms with E-state index >= 15 is 0 Å². The van der Waals surface area contributed by atoms with Crippen molar-refractivity contribution in [2.75, 3.05) is 6.26 Å². The summed E-state index contributed by atoms with van der Waals surface area (Å²) in [5.74, 6) is 0. The van der Waals surface area contributed by atoms with E-state index < -0.39 is 9.84 Å². The monoisotopic (exact) mass is 247 g/mol. The third kappa shape index (κ3) is 2.34. The number of sulfone groups is 1. The van der Waals surface area contributed by atoms with Crippen molar-refractivity contribution in [3.63, 3.8) is 0 Å². The summed E-state index contributed by atoms with van der Waals surface area (Å²) in [7, 11) is -3.18. The SMILES string of the molecule is CS(=O)(=O)c1ccc(-c2cc(C#N)n[nH]2)cc1. The van der Waals surface area contributed by atoms with E-state index in [0.717, 1.165) is 11.8 Å². The zero-order valence-corrected chi connectivity index (χ0v) is 9.82. The number of aromatic amines is 1. The summed E-state index contributed by atoms with van der Waals surface area (Å²) < 4.78 is 22.5. The lowest BCUT2D eigenvalue weighted by molar-refractivity contribution is 0.602. The van der Waals surface area contributed by atoms with Crippen molar-refractivity contribution in [1.29, 1.82) is 5.26 Å². The van der Waals surface area contributed by atoms with Gasteiger partial charge in [0.15, 0.2) is 15.5 Å². The van der Waals surface area contributed by atoms with Gasteiger partial charge in [-0.05, 0) is 17.7 Å². The van der Waals surface area contributed by atoms with E-state index in [0.29, 0.717) is 11.4 Å². The molecule has 1 N–H and O–H groups in total. The van der Waals surface area contributed by atoms with Crippen LogP contribution in [-0.2, 0) is 9.84 Å². The highest BCUT2D eigenvalue weighted by atomic mass is 32.2. The number of hydrogen-bond donors (Lipinski definition) is 1. The molecule has 17 heavy (non-hydrogen) atoms. The van der Waals surface area contributed by atoms with Crippen molar-refractivity contribution in [3.8, 4) is 17.3 Å². The van der Waals surface area contributed by atoms with Crippen molar-refractivity contribution in [1.82, 2.24) is 10.2 Å². The highest BCUT2D eigenvalue weighted by Crippen LogP contribution is 2.19. The zero-order valence-electron chi connectivity index (χ0n) is 9.01. The van der Waals surface area contributed by atoms with Crippen molar-refractivity contribution >= 4 is 9.84 Å². The third-order valence-electron chi connectivity index (χ3n) is 2.29. The Hall–Kier alpha value is -2.13. The Labute approximate surface area is 98.6 Å². The Bertz CT molecular complexity index is 678. The van der Waals surface area contributed by atoms with Crippen LogP contribution in [0, 0.1) is 11.3 Å². The van der Waals surface area contributed by atoms with Crippen molar-refractivity contribution in [2.24, 2.45) is 0 Å². The van der Waals surface area contributed by atoms with Crippen LogP contribution in [0.15, 0.2) is 35.2 Å². The summed E-state index contributed by atoms with van der Waals surface area (Å²) >= 11 is 0. The van der Waals surface area contributed by atoms with Gasteiger partial charge in [-0.25, -0.2) is 8.42 Å². The van der Waals surface area contributed by atoms with Crippen LogP contribution in [0.3, 0.4) is 0 Å². The van der Waals surface area contributed by atoms with Gasteiger partial charge in [0.1, 0.15) is 6.07 Å². The second-order valence-corrected chi connectivity index (χ2v) is 5.59. The molecule has 86 valence electrons. The number of hydrogen-bond acceptors (Lipinski definition) is 4. The van der Waals surface area contributed by atoms with Gasteiger partial charge in [0, 0.05) is 12.3 Å². The van der Waals surface area contributed by atoms with Gasteiger partial charge in [-0.1, -0.05) is 12.1 Å². The van der Waals surface area contributed by atoms with E-state index in [1.807, 2.05) is 6.07 Å². The molecule has 0 atom stereocenters. The summed E-state index contributed by atoms with van der Waals surface area (Å²) in [5.41, 5.74) is 1.76. The number of H-pyrrole nitrogens is 1. The predicted molar refractivity (Wildman–Crippen MR) is 61.8 cm³/mol. The Morgan fingerprint density at radius 2 is 1.94 bits per heavy atom. The van der Waals surface area contributed by atoms with Gasteiger partial charge in [0.05, 0.1) is 10.6 Å². The second-order valence-electron chi connectivity index (χ2n) is 3.58. The minimum absolute atomic E-state index is 0.265. The minimum atomic E-state index is -3.18. The summed E-state index contributed by atoms with van der Waals surface area (Å²) in [5, 5.41) is 15.1. The summed E-state index contributed by atoms with van der Waals surface area (Å²) in [6.07, 6.45) is 1.16. The topological polar surface area (TPSA) is 86.6 Å². The highest BCUT2D eigenvalue weighted by Gasteiger charge is 2.08. The molecule has 1 aromatic carbocycles.